The number of hydrogen-bond donors (Lipinski definition) is 1. The third-order valence-electron chi connectivity index (χ3n) is 7.16. The van der Waals surface area contributed by atoms with Crippen LogP contribution in [0.2, 0.25) is 0 Å². The summed E-state index contributed by atoms with van der Waals surface area (Å²) in [5.74, 6) is 0.0845. The fourth-order valence-electron chi connectivity index (χ4n) is 5.31. The van der Waals surface area contributed by atoms with E-state index < -0.39 is 5.97 Å². The zero-order chi connectivity index (χ0) is 24.4. The van der Waals surface area contributed by atoms with Crippen molar-refractivity contribution in [2.75, 3.05) is 18.0 Å². The van der Waals surface area contributed by atoms with Gasteiger partial charge in [-0.2, -0.15) is 0 Å². The van der Waals surface area contributed by atoms with Gasteiger partial charge in [0, 0.05) is 25.2 Å². The van der Waals surface area contributed by atoms with Crippen LogP contribution in [-0.2, 0) is 6.42 Å². The quantitative estimate of drug-likeness (QED) is 0.317. The molecule has 1 fully saturated rings. The summed E-state index contributed by atoms with van der Waals surface area (Å²) in [7, 11) is 0. The Morgan fingerprint density at radius 3 is 2.49 bits per heavy atom. The lowest BCUT2D eigenvalue weighted by Crippen LogP contribution is -2.29. The molecule has 1 saturated heterocycles. The molecule has 3 aromatic carbocycles. The van der Waals surface area contributed by atoms with Gasteiger partial charge < -0.3 is 10.0 Å². The third kappa shape index (κ3) is 4.43. The molecular weight excluding hydrogens is 434 g/mol. The zero-order valence-corrected chi connectivity index (χ0v) is 20.6. The average molecular weight is 468 g/mol. The lowest BCUT2D eigenvalue weighted by atomic mass is 9.94. The summed E-state index contributed by atoms with van der Waals surface area (Å²) < 4.78 is 2.20. The van der Waals surface area contributed by atoms with Crippen molar-refractivity contribution in [2.45, 2.75) is 52.4 Å². The highest BCUT2D eigenvalue weighted by atomic mass is 16.4. The monoisotopic (exact) mass is 467 g/mol. The maximum absolute atomic E-state index is 12.5. The van der Waals surface area contributed by atoms with Crippen molar-refractivity contribution < 1.29 is 9.90 Å². The van der Waals surface area contributed by atoms with Crippen molar-refractivity contribution in [1.82, 2.24) is 9.55 Å². The Hall–Kier alpha value is -3.60. The van der Waals surface area contributed by atoms with Gasteiger partial charge in [0.1, 0.15) is 5.82 Å². The number of carbonyl (C=O) groups is 1. The summed E-state index contributed by atoms with van der Waals surface area (Å²) in [6, 6.07) is 20.3. The summed E-state index contributed by atoms with van der Waals surface area (Å²) in [4.78, 5) is 20.0. The third-order valence-corrected chi connectivity index (χ3v) is 7.16. The second-order valence-electron chi connectivity index (χ2n) is 9.49. The van der Waals surface area contributed by atoms with Gasteiger partial charge in [0.05, 0.1) is 22.3 Å². The minimum Gasteiger partial charge on any atom is -0.478 e. The molecule has 0 bridgehead atoms. The molecule has 0 saturated carbocycles. The number of benzene rings is 3. The van der Waals surface area contributed by atoms with Gasteiger partial charge in [0.15, 0.2) is 0 Å². The van der Waals surface area contributed by atoms with Crippen LogP contribution >= 0.6 is 0 Å². The number of nitrogens with zero attached hydrogens (tertiary/aromatic N) is 3. The van der Waals surface area contributed by atoms with Gasteiger partial charge in [-0.1, -0.05) is 49.7 Å². The van der Waals surface area contributed by atoms with Crippen LogP contribution in [0.25, 0.3) is 27.8 Å². The van der Waals surface area contributed by atoms with E-state index in [9.17, 15) is 9.90 Å². The van der Waals surface area contributed by atoms with Crippen molar-refractivity contribution >= 4 is 22.7 Å². The van der Waals surface area contributed by atoms with Gasteiger partial charge in [0.2, 0.25) is 0 Å². The predicted octanol–water partition coefficient (Wildman–Crippen LogP) is 7.03. The molecule has 1 aliphatic rings. The highest BCUT2D eigenvalue weighted by molar-refractivity contribution is 5.99. The van der Waals surface area contributed by atoms with Gasteiger partial charge in [-0.15, -0.1) is 0 Å². The van der Waals surface area contributed by atoms with Crippen LogP contribution in [0.5, 0.6) is 0 Å². The second-order valence-corrected chi connectivity index (χ2v) is 9.49. The summed E-state index contributed by atoms with van der Waals surface area (Å²) >= 11 is 0. The summed E-state index contributed by atoms with van der Waals surface area (Å²) in [6.07, 6.45) is 6.71. The number of piperidine rings is 1. The second kappa shape index (κ2) is 9.95. The van der Waals surface area contributed by atoms with Crippen molar-refractivity contribution in [1.29, 1.82) is 0 Å². The molecule has 35 heavy (non-hydrogen) atoms. The van der Waals surface area contributed by atoms with E-state index in [-0.39, 0.29) is 0 Å². The molecule has 5 rings (SSSR count). The summed E-state index contributed by atoms with van der Waals surface area (Å²) in [5.41, 5.74) is 6.89. The Morgan fingerprint density at radius 2 is 1.77 bits per heavy atom. The Kier molecular flexibility index (Phi) is 6.58. The smallest absolute Gasteiger partial charge is 0.336 e. The van der Waals surface area contributed by atoms with E-state index in [2.05, 4.69) is 40.7 Å². The molecule has 0 spiro atoms. The number of carboxylic acid groups (broad SMARTS) is 1. The molecule has 1 N–H and O–H groups in total. The van der Waals surface area contributed by atoms with Crippen LogP contribution in [0, 0.1) is 6.92 Å². The molecule has 5 heteroatoms. The number of anilines is 1. The first-order chi connectivity index (χ1) is 17.1. The van der Waals surface area contributed by atoms with E-state index in [1.807, 2.05) is 43.3 Å². The zero-order valence-electron chi connectivity index (χ0n) is 20.6. The molecule has 2 heterocycles. The van der Waals surface area contributed by atoms with Gasteiger partial charge >= 0.3 is 5.97 Å². The largest absolute Gasteiger partial charge is 0.478 e. The van der Waals surface area contributed by atoms with Crippen LogP contribution in [0.15, 0.2) is 60.7 Å². The topological polar surface area (TPSA) is 58.4 Å². The average Bonchev–Trinajstić information content (AvgIpc) is 3.25. The van der Waals surface area contributed by atoms with Crippen LogP contribution in [0.3, 0.4) is 0 Å². The molecule has 0 radical (unpaired) electrons. The Bertz CT molecular complexity index is 1350. The van der Waals surface area contributed by atoms with E-state index in [4.69, 9.17) is 4.98 Å². The Balaban J connectivity index is 1.71. The van der Waals surface area contributed by atoms with Gasteiger partial charge in [-0.25, -0.2) is 9.78 Å². The SMILES string of the molecule is CCCCc1nc2ccc(N3CCCCC3)cc2n1-c1ccc(-c2ccccc2)c(C(=O)O)c1C. The maximum atomic E-state index is 12.5. The summed E-state index contributed by atoms with van der Waals surface area (Å²) in [5, 5.41) is 10.2. The number of aromatic nitrogens is 2. The highest BCUT2D eigenvalue weighted by Crippen LogP contribution is 2.34. The Morgan fingerprint density at radius 1 is 1.00 bits per heavy atom. The predicted molar refractivity (Wildman–Crippen MR) is 143 cm³/mol. The van der Waals surface area contributed by atoms with Gasteiger partial charge in [-0.3, -0.25) is 4.57 Å². The van der Waals surface area contributed by atoms with Crippen LogP contribution in [0.1, 0.15) is 60.8 Å². The van der Waals surface area contributed by atoms with Crippen molar-refractivity contribution in [3.63, 3.8) is 0 Å². The highest BCUT2D eigenvalue weighted by Gasteiger charge is 2.22. The van der Waals surface area contributed by atoms with Crippen molar-refractivity contribution in [3.8, 4) is 16.8 Å². The number of fused-ring (bicyclic) bond motifs is 1. The van der Waals surface area contributed by atoms with Crippen LogP contribution in [-0.4, -0.2) is 33.7 Å². The molecule has 0 amide bonds. The first-order valence-electron chi connectivity index (χ1n) is 12.8. The van der Waals surface area contributed by atoms with E-state index in [0.29, 0.717) is 5.56 Å². The number of unbranched alkanes of at least 4 members (excludes halogenated alkanes) is 1. The molecule has 0 aliphatic carbocycles. The number of imidazole rings is 1. The molecule has 0 unspecified atom stereocenters. The number of rotatable bonds is 7. The molecule has 1 aliphatic heterocycles. The lowest BCUT2D eigenvalue weighted by Gasteiger charge is -2.29. The number of aryl methyl sites for hydroxylation is 1. The first-order valence-corrected chi connectivity index (χ1v) is 12.8. The normalized spacial score (nSPS) is 13.9. The van der Waals surface area contributed by atoms with Crippen LogP contribution < -0.4 is 4.90 Å². The van der Waals surface area contributed by atoms with E-state index in [1.54, 1.807) is 0 Å². The first kappa shape index (κ1) is 23.2. The van der Waals surface area contributed by atoms with Crippen LogP contribution in [0.4, 0.5) is 5.69 Å². The molecular formula is C30H33N3O2. The number of aromatic carboxylic acids is 1. The molecule has 0 atom stereocenters. The maximum Gasteiger partial charge on any atom is 0.336 e. The van der Waals surface area contributed by atoms with Gasteiger partial charge in [-0.05, 0) is 73.6 Å². The Labute approximate surface area is 207 Å². The standard InChI is InChI=1S/C30H33N3O2/c1-3-4-13-28-31-25-16-14-23(32-18-9-6-10-19-32)20-27(25)33(28)26-17-15-24(22-11-7-5-8-12-22)29(21(26)2)30(34)35/h5,7-8,11-12,14-17,20H,3-4,6,9-10,13,18-19H2,1-2H3,(H,34,35). The number of carboxylic acids is 1. The van der Waals surface area contributed by atoms with Crippen molar-refractivity contribution in [2.24, 2.45) is 0 Å². The van der Waals surface area contributed by atoms with E-state index in [1.165, 1.54) is 24.9 Å². The lowest BCUT2D eigenvalue weighted by molar-refractivity contribution is 0.0697. The minimum absolute atomic E-state index is 0.351. The molecule has 4 aromatic rings. The molecule has 180 valence electrons. The van der Waals surface area contributed by atoms with Gasteiger partial charge in [0.25, 0.3) is 0 Å². The number of hydrogen-bond acceptors (Lipinski definition) is 3. The minimum atomic E-state index is -0.906. The molecule has 1 aromatic heterocycles. The molecule has 5 nitrogen and oxygen atoms in total. The summed E-state index contributed by atoms with van der Waals surface area (Å²) in [6.45, 7) is 6.27. The van der Waals surface area contributed by atoms with E-state index >= 15 is 0 Å². The van der Waals surface area contributed by atoms with Crippen molar-refractivity contribution in [3.05, 3.63) is 77.6 Å². The fourth-order valence-corrected chi connectivity index (χ4v) is 5.31. The fraction of sp³-hybridized carbons (Fsp3) is 0.333. The van der Waals surface area contributed by atoms with E-state index in [0.717, 1.165) is 71.6 Å².